The molecule has 2 aromatic rings. The zero-order chi connectivity index (χ0) is 18.0. The smallest absolute Gasteiger partial charge is 0.257 e. The molecule has 0 saturated carbocycles. The van der Waals surface area contributed by atoms with Gasteiger partial charge in [0.1, 0.15) is 11.8 Å². The van der Waals surface area contributed by atoms with Gasteiger partial charge in [-0.25, -0.2) is 0 Å². The first-order valence-corrected chi connectivity index (χ1v) is 9.02. The van der Waals surface area contributed by atoms with Crippen LogP contribution in [0.3, 0.4) is 0 Å². The number of methoxy groups -OCH3 is 1. The minimum absolute atomic E-state index is 0.125. The molecule has 0 bridgehead atoms. The lowest BCUT2D eigenvalue weighted by molar-refractivity contribution is -0.119. The first kappa shape index (κ1) is 17.4. The van der Waals surface area contributed by atoms with Gasteiger partial charge < -0.3 is 15.0 Å². The molecule has 0 radical (unpaired) electrons. The summed E-state index contributed by atoms with van der Waals surface area (Å²) in [7, 11) is 1.57. The predicted octanol–water partition coefficient (Wildman–Crippen LogP) is 3.01. The summed E-state index contributed by atoms with van der Waals surface area (Å²) >= 11 is 1.26. The number of carbonyl (C=O) groups excluding carboxylic acids is 2. The Hall–Kier alpha value is -2.41. The molecule has 0 aliphatic carbocycles. The molecule has 1 fully saturated rings. The quantitative estimate of drug-likeness (QED) is 0.911. The van der Waals surface area contributed by atoms with E-state index in [1.54, 1.807) is 17.4 Å². The molecule has 1 aromatic carbocycles. The molecule has 3 rings (SSSR count). The van der Waals surface area contributed by atoms with Crippen molar-refractivity contribution >= 4 is 29.0 Å². The maximum atomic E-state index is 12.8. The second kappa shape index (κ2) is 7.23. The molecule has 7 heteroatoms. The van der Waals surface area contributed by atoms with E-state index in [-0.39, 0.29) is 11.8 Å². The van der Waals surface area contributed by atoms with E-state index in [0.717, 1.165) is 12.0 Å². The van der Waals surface area contributed by atoms with Crippen molar-refractivity contribution < 1.29 is 14.3 Å². The number of anilines is 1. The van der Waals surface area contributed by atoms with Crippen molar-refractivity contribution in [2.75, 3.05) is 19.0 Å². The Bertz CT molecular complexity index is 803. The lowest BCUT2D eigenvalue weighted by atomic mass is 10.1. The van der Waals surface area contributed by atoms with E-state index in [0.29, 0.717) is 35.7 Å². The second-order valence-corrected chi connectivity index (χ2v) is 6.79. The van der Waals surface area contributed by atoms with Gasteiger partial charge in [0.15, 0.2) is 0 Å². The van der Waals surface area contributed by atoms with Crippen LogP contribution in [0.5, 0.6) is 5.75 Å². The van der Waals surface area contributed by atoms with Gasteiger partial charge in [0.25, 0.3) is 5.91 Å². The third kappa shape index (κ3) is 3.51. The van der Waals surface area contributed by atoms with Gasteiger partial charge in [0, 0.05) is 11.9 Å². The molecular weight excluding hydrogens is 338 g/mol. The molecule has 0 spiro atoms. The van der Waals surface area contributed by atoms with Gasteiger partial charge in [0.2, 0.25) is 5.91 Å². The Morgan fingerprint density at radius 2 is 2.16 bits per heavy atom. The summed E-state index contributed by atoms with van der Waals surface area (Å²) < 4.78 is 9.47. The van der Waals surface area contributed by atoms with Crippen LogP contribution >= 0.6 is 11.5 Å². The van der Waals surface area contributed by atoms with Crippen LogP contribution in [-0.4, -0.2) is 40.8 Å². The third-order valence-corrected chi connectivity index (χ3v) is 5.13. The summed E-state index contributed by atoms with van der Waals surface area (Å²) in [5, 5.41) is 4.66. The van der Waals surface area contributed by atoms with E-state index in [1.807, 2.05) is 32.0 Å². The molecule has 1 aliphatic heterocycles. The number of likely N-dealkylation sites (tertiary alicyclic amines) is 1. The van der Waals surface area contributed by atoms with Crippen LogP contribution in [-0.2, 0) is 4.79 Å². The van der Waals surface area contributed by atoms with Crippen LogP contribution in [0.2, 0.25) is 0 Å². The summed E-state index contributed by atoms with van der Waals surface area (Å²) in [6, 6.07) is 5.14. The van der Waals surface area contributed by atoms with Gasteiger partial charge in [-0.15, -0.1) is 0 Å². The van der Waals surface area contributed by atoms with E-state index in [9.17, 15) is 9.59 Å². The van der Waals surface area contributed by atoms with Gasteiger partial charge in [-0.3, -0.25) is 9.59 Å². The van der Waals surface area contributed by atoms with E-state index in [1.165, 1.54) is 11.5 Å². The van der Waals surface area contributed by atoms with E-state index in [4.69, 9.17) is 4.74 Å². The number of hydrogen-bond acceptors (Lipinski definition) is 5. The zero-order valence-electron chi connectivity index (χ0n) is 14.5. The average Bonchev–Trinajstić information content (AvgIpc) is 3.23. The van der Waals surface area contributed by atoms with Crippen molar-refractivity contribution in [1.82, 2.24) is 9.27 Å². The van der Waals surface area contributed by atoms with Crippen LogP contribution in [0.4, 0.5) is 5.69 Å². The van der Waals surface area contributed by atoms with Gasteiger partial charge in [-0.2, -0.15) is 4.37 Å². The molecule has 1 saturated heterocycles. The van der Waals surface area contributed by atoms with Gasteiger partial charge in [0.05, 0.1) is 24.1 Å². The highest BCUT2D eigenvalue weighted by Gasteiger charge is 2.35. The van der Waals surface area contributed by atoms with Crippen molar-refractivity contribution in [3.63, 3.8) is 0 Å². The Morgan fingerprint density at radius 1 is 1.36 bits per heavy atom. The molecule has 1 atom stereocenters. The van der Waals surface area contributed by atoms with E-state index >= 15 is 0 Å². The molecule has 25 heavy (non-hydrogen) atoms. The molecule has 1 unspecified atom stereocenters. The number of aromatic nitrogens is 1. The maximum absolute atomic E-state index is 12.8. The number of rotatable bonds is 4. The van der Waals surface area contributed by atoms with E-state index < -0.39 is 6.04 Å². The van der Waals surface area contributed by atoms with Crippen LogP contribution < -0.4 is 10.1 Å². The summed E-state index contributed by atoms with van der Waals surface area (Å²) in [6.07, 6.45) is 1.47. The average molecular weight is 359 g/mol. The highest BCUT2D eigenvalue weighted by molar-refractivity contribution is 7.03. The molecule has 1 N–H and O–H groups in total. The predicted molar refractivity (Wildman–Crippen MR) is 97.3 cm³/mol. The first-order chi connectivity index (χ1) is 12.0. The second-order valence-electron chi connectivity index (χ2n) is 6.16. The van der Waals surface area contributed by atoms with Gasteiger partial charge in [-0.05, 0) is 55.9 Å². The van der Waals surface area contributed by atoms with E-state index in [2.05, 4.69) is 9.69 Å². The van der Waals surface area contributed by atoms with Crippen molar-refractivity contribution in [2.45, 2.75) is 32.7 Å². The highest BCUT2D eigenvalue weighted by atomic mass is 32.1. The molecule has 2 heterocycles. The lowest BCUT2D eigenvalue weighted by Gasteiger charge is -2.24. The molecule has 1 aliphatic rings. The van der Waals surface area contributed by atoms with Crippen molar-refractivity contribution in [1.29, 1.82) is 0 Å². The Balaban J connectivity index is 1.79. The zero-order valence-corrected chi connectivity index (χ0v) is 15.4. The number of nitrogens with zero attached hydrogens (tertiary/aromatic N) is 2. The molecular formula is C18H21N3O3S. The first-order valence-electron chi connectivity index (χ1n) is 8.18. The minimum Gasteiger partial charge on any atom is -0.495 e. The SMILES string of the molecule is COc1ccc(C)cc1NC(=O)C1CCCN1C(=O)c1csnc1C. The van der Waals surface area contributed by atoms with Crippen LogP contribution in [0, 0.1) is 13.8 Å². The largest absolute Gasteiger partial charge is 0.495 e. The standard InChI is InChI=1S/C18H21N3O3S/c1-11-6-7-16(24-3)14(9-11)19-17(22)15-5-4-8-21(15)18(23)13-10-25-20-12(13)2/h6-7,9-10,15H,4-5,8H2,1-3H3,(H,19,22). The fraction of sp³-hybridized carbons (Fsp3) is 0.389. The number of carbonyl (C=O) groups is 2. The topological polar surface area (TPSA) is 71.5 Å². The number of benzene rings is 1. The maximum Gasteiger partial charge on any atom is 0.257 e. The summed E-state index contributed by atoms with van der Waals surface area (Å²) in [6.45, 7) is 4.34. The number of amides is 2. The Kier molecular flexibility index (Phi) is 5.03. The fourth-order valence-corrected chi connectivity index (χ4v) is 3.76. The molecule has 132 valence electrons. The van der Waals surface area contributed by atoms with Crippen LogP contribution in [0.25, 0.3) is 0 Å². The third-order valence-electron chi connectivity index (χ3n) is 4.41. The molecule has 1 aromatic heterocycles. The number of hydrogen-bond donors (Lipinski definition) is 1. The summed E-state index contributed by atoms with van der Waals surface area (Å²) in [5.41, 5.74) is 2.94. The fourth-order valence-electron chi connectivity index (χ4n) is 3.07. The van der Waals surface area contributed by atoms with Crippen LogP contribution in [0.15, 0.2) is 23.6 Å². The number of ether oxygens (including phenoxy) is 1. The monoisotopic (exact) mass is 359 g/mol. The van der Waals surface area contributed by atoms with Crippen molar-refractivity contribution in [3.8, 4) is 5.75 Å². The molecule has 2 amide bonds. The summed E-state index contributed by atoms with van der Waals surface area (Å²) in [4.78, 5) is 27.2. The van der Waals surface area contributed by atoms with Gasteiger partial charge >= 0.3 is 0 Å². The van der Waals surface area contributed by atoms with Crippen molar-refractivity contribution in [2.24, 2.45) is 0 Å². The number of nitrogens with one attached hydrogen (secondary N) is 1. The number of aryl methyl sites for hydroxylation is 2. The normalized spacial score (nSPS) is 16.8. The Labute approximate surface area is 151 Å². The molecule has 6 nitrogen and oxygen atoms in total. The van der Waals surface area contributed by atoms with Crippen molar-refractivity contribution in [3.05, 3.63) is 40.4 Å². The highest BCUT2D eigenvalue weighted by Crippen LogP contribution is 2.28. The lowest BCUT2D eigenvalue weighted by Crippen LogP contribution is -2.43. The Morgan fingerprint density at radius 3 is 2.84 bits per heavy atom. The minimum atomic E-state index is -0.475. The summed E-state index contributed by atoms with van der Waals surface area (Å²) in [5.74, 6) is 0.295. The van der Waals surface area contributed by atoms with Gasteiger partial charge in [-0.1, -0.05) is 6.07 Å². The van der Waals surface area contributed by atoms with Crippen LogP contribution in [0.1, 0.15) is 34.5 Å².